The lowest BCUT2D eigenvalue weighted by Crippen LogP contribution is -1.89. The number of aromatic amines is 1. The van der Waals surface area contributed by atoms with Gasteiger partial charge in [-0.2, -0.15) is 5.10 Å². The summed E-state index contributed by atoms with van der Waals surface area (Å²) in [4.78, 5) is 7.51. The van der Waals surface area contributed by atoms with Crippen molar-refractivity contribution >= 4 is 21.9 Å². The summed E-state index contributed by atoms with van der Waals surface area (Å²) in [6, 6.07) is 13.0. The fourth-order valence-electron chi connectivity index (χ4n) is 2.50. The molecule has 0 unspecified atom stereocenters. The molecule has 0 amide bonds. The van der Waals surface area contributed by atoms with Crippen molar-refractivity contribution < 1.29 is 0 Å². The van der Waals surface area contributed by atoms with Gasteiger partial charge in [0.15, 0.2) is 0 Å². The monoisotopic (exact) mass is 247 g/mol. The van der Waals surface area contributed by atoms with Crippen LogP contribution in [0.4, 0.5) is 0 Å². The minimum absolute atomic E-state index is 0.888. The van der Waals surface area contributed by atoms with E-state index in [1.165, 1.54) is 0 Å². The Kier molecular flexibility index (Phi) is 2.00. The molecule has 0 saturated heterocycles. The second kappa shape index (κ2) is 3.68. The third kappa shape index (κ3) is 1.40. The number of benzene rings is 1. The van der Waals surface area contributed by atoms with E-state index in [1.54, 1.807) is 6.20 Å². The minimum atomic E-state index is 0.888. The van der Waals surface area contributed by atoms with Gasteiger partial charge in [-0.1, -0.05) is 6.07 Å². The van der Waals surface area contributed by atoms with Crippen LogP contribution in [0.5, 0.6) is 0 Å². The molecule has 0 fully saturated rings. The SMILES string of the molecule is Cn1nc(-c2c[nH]c3ncccc23)c2cc[c]cc21. The fourth-order valence-corrected chi connectivity index (χ4v) is 2.50. The first-order valence-corrected chi connectivity index (χ1v) is 6.10. The third-order valence-electron chi connectivity index (χ3n) is 3.40. The first kappa shape index (κ1) is 10.3. The van der Waals surface area contributed by atoms with Crippen molar-refractivity contribution in [1.82, 2.24) is 19.7 Å². The average Bonchev–Trinajstić information content (AvgIpc) is 3.01. The first-order chi connectivity index (χ1) is 9.34. The normalized spacial score (nSPS) is 11.4. The van der Waals surface area contributed by atoms with Crippen LogP contribution in [0.25, 0.3) is 33.2 Å². The minimum Gasteiger partial charge on any atom is -0.345 e. The summed E-state index contributed by atoms with van der Waals surface area (Å²) in [7, 11) is 1.95. The number of rotatable bonds is 1. The number of fused-ring (bicyclic) bond motifs is 2. The number of H-pyrrole nitrogens is 1. The van der Waals surface area contributed by atoms with Crippen LogP contribution in [0, 0.1) is 6.07 Å². The van der Waals surface area contributed by atoms with E-state index in [1.807, 2.05) is 42.2 Å². The number of hydrogen-bond acceptors (Lipinski definition) is 2. The van der Waals surface area contributed by atoms with Crippen LogP contribution in [-0.4, -0.2) is 19.7 Å². The number of hydrogen-bond donors (Lipinski definition) is 1. The fraction of sp³-hybridized carbons (Fsp3) is 0.0667. The van der Waals surface area contributed by atoms with Gasteiger partial charge in [0.05, 0.1) is 5.52 Å². The van der Waals surface area contributed by atoms with E-state index in [9.17, 15) is 0 Å². The van der Waals surface area contributed by atoms with E-state index >= 15 is 0 Å². The molecule has 1 radical (unpaired) electrons. The van der Waals surface area contributed by atoms with Gasteiger partial charge in [-0.05, 0) is 30.3 Å². The molecule has 0 aliphatic rings. The number of nitrogens with zero attached hydrogens (tertiary/aromatic N) is 3. The highest BCUT2D eigenvalue weighted by Gasteiger charge is 2.14. The second-order valence-corrected chi connectivity index (χ2v) is 4.52. The van der Waals surface area contributed by atoms with E-state index in [-0.39, 0.29) is 0 Å². The van der Waals surface area contributed by atoms with Crippen LogP contribution >= 0.6 is 0 Å². The van der Waals surface area contributed by atoms with E-state index in [4.69, 9.17) is 0 Å². The smallest absolute Gasteiger partial charge is 0.137 e. The number of aromatic nitrogens is 4. The predicted molar refractivity (Wildman–Crippen MR) is 74.6 cm³/mol. The maximum atomic E-state index is 4.63. The highest BCUT2D eigenvalue weighted by atomic mass is 15.3. The van der Waals surface area contributed by atoms with Crippen molar-refractivity contribution in [1.29, 1.82) is 0 Å². The molecule has 3 aromatic heterocycles. The summed E-state index contributed by atoms with van der Waals surface area (Å²) in [5, 5.41) is 6.85. The van der Waals surface area contributed by atoms with Gasteiger partial charge in [-0.15, -0.1) is 0 Å². The predicted octanol–water partition coefficient (Wildman–Crippen LogP) is 2.92. The maximum absolute atomic E-state index is 4.63. The molecule has 4 rings (SSSR count). The lowest BCUT2D eigenvalue weighted by molar-refractivity contribution is 0.801. The van der Waals surface area contributed by atoms with Gasteiger partial charge in [-0.25, -0.2) is 4.98 Å². The topological polar surface area (TPSA) is 46.5 Å². The van der Waals surface area contributed by atoms with Crippen LogP contribution in [-0.2, 0) is 7.05 Å². The average molecular weight is 247 g/mol. The summed E-state index contributed by atoms with van der Waals surface area (Å²) in [6.07, 6.45) is 3.75. The molecule has 3 heterocycles. The van der Waals surface area contributed by atoms with Crippen LogP contribution in [0.3, 0.4) is 0 Å². The van der Waals surface area contributed by atoms with Gasteiger partial charge in [0.1, 0.15) is 11.3 Å². The Balaban J connectivity index is 2.10. The molecule has 0 atom stereocenters. The Morgan fingerprint density at radius 3 is 3.16 bits per heavy atom. The van der Waals surface area contributed by atoms with E-state index in [0.717, 1.165) is 33.2 Å². The van der Waals surface area contributed by atoms with Gasteiger partial charge >= 0.3 is 0 Å². The van der Waals surface area contributed by atoms with Crippen LogP contribution in [0.2, 0.25) is 0 Å². The van der Waals surface area contributed by atoms with Gasteiger partial charge in [-0.3, -0.25) is 4.68 Å². The Morgan fingerprint density at radius 2 is 2.21 bits per heavy atom. The molecule has 19 heavy (non-hydrogen) atoms. The standard InChI is InChI=1S/C15H11N4/c1-19-13-7-3-2-5-11(13)14(18-19)12-9-17-15-10(12)6-4-8-16-15/h2,4-9H,1H3,(H,16,17). The van der Waals surface area contributed by atoms with Gasteiger partial charge < -0.3 is 4.98 Å². The molecule has 0 spiro atoms. The van der Waals surface area contributed by atoms with Crippen molar-refractivity contribution in [2.45, 2.75) is 0 Å². The molecule has 0 aliphatic carbocycles. The van der Waals surface area contributed by atoms with Crippen LogP contribution < -0.4 is 0 Å². The maximum Gasteiger partial charge on any atom is 0.137 e. The molecule has 91 valence electrons. The summed E-state index contributed by atoms with van der Waals surface area (Å²) in [5.74, 6) is 0. The zero-order chi connectivity index (χ0) is 12.8. The van der Waals surface area contributed by atoms with Crippen molar-refractivity contribution in [3.63, 3.8) is 0 Å². The Labute approximate surface area is 109 Å². The summed E-state index contributed by atoms with van der Waals surface area (Å²) < 4.78 is 1.89. The zero-order valence-electron chi connectivity index (χ0n) is 10.4. The van der Waals surface area contributed by atoms with Gasteiger partial charge in [0, 0.05) is 35.8 Å². The summed E-state index contributed by atoms with van der Waals surface area (Å²) in [6.45, 7) is 0. The summed E-state index contributed by atoms with van der Waals surface area (Å²) in [5.41, 5.74) is 4.03. The van der Waals surface area contributed by atoms with Crippen molar-refractivity contribution in [2.75, 3.05) is 0 Å². The lowest BCUT2D eigenvalue weighted by atomic mass is 10.1. The molecule has 4 heteroatoms. The number of aryl methyl sites for hydroxylation is 1. The van der Waals surface area contributed by atoms with Crippen molar-refractivity contribution in [3.05, 3.63) is 48.8 Å². The Bertz CT molecular complexity index is 885. The molecule has 1 N–H and O–H groups in total. The molecule has 0 aliphatic heterocycles. The largest absolute Gasteiger partial charge is 0.345 e. The van der Waals surface area contributed by atoms with E-state index in [2.05, 4.69) is 27.2 Å². The molecular formula is C15H11N4. The lowest BCUT2D eigenvalue weighted by Gasteiger charge is -1.94. The number of pyridine rings is 1. The highest BCUT2D eigenvalue weighted by molar-refractivity contribution is 6.01. The quantitative estimate of drug-likeness (QED) is 0.562. The van der Waals surface area contributed by atoms with Crippen molar-refractivity contribution in [2.24, 2.45) is 7.05 Å². The van der Waals surface area contributed by atoms with E-state index in [0.29, 0.717) is 0 Å². The van der Waals surface area contributed by atoms with Crippen LogP contribution in [0.15, 0.2) is 42.7 Å². The van der Waals surface area contributed by atoms with Gasteiger partial charge in [0.2, 0.25) is 0 Å². The van der Waals surface area contributed by atoms with Gasteiger partial charge in [0.25, 0.3) is 0 Å². The molecular weight excluding hydrogens is 236 g/mol. The Hall–Kier alpha value is -2.62. The highest BCUT2D eigenvalue weighted by Crippen LogP contribution is 2.31. The third-order valence-corrected chi connectivity index (χ3v) is 3.40. The molecule has 4 nitrogen and oxygen atoms in total. The Morgan fingerprint density at radius 1 is 1.26 bits per heavy atom. The summed E-state index contributed by atoms with van der Waals surface area (Å²) >= 11 is 0. The van der Waals surface area contributed by atoms with Crippen molar-refractivity contribution in [3.8, 4) is 11.3 Å². The zero-order valence-corrected chi connectivity index (χ0v) is 10.4. The first-order valence-electron chi connectivity index (χ1n) is 6.10. The van der Waals surface area contributed by atoms with Crippen LogP contribution in [0.1, 0.15) is 0 Å². The molecule has 4 aromatic rings. The second-order valence-electron chi connectivity index (χ2n) is 4.52. The molecule has 1 aromatic carbocycles. The number of nitrogens with one attached hydrogen (secondary N) is 1. The molecule has 0 bridgehead atoms. The van der Waals surface area contributed by atoms with E-state index < -0.39 is 0 Å². The molecule has 0 saturated carbocycles.